The van der Waals surface area contributed by atoms with Gasteiger partial charge in [0.25, 0.3) is 5.91 Å². The van der Waals surface area contributed by atoms with Crippen LogP contribution in [0.3, 0.4) is 0 Å². The van der Waals surface area contributed by atoms with E-state index in [2.05, 4.69) is 42.3 Å². The first-order valence-corrected chi connectivity index (χ1v) is 7.81. The smallest absolute Gasteiger partial charge is 0.266 e. The van der Waals surface area contributed by atoms with Crippen molar-refractivity contribution in [2.75, 3.05) is 5.32 Å². The van der Waals surface area contributed by atoms with E-state index in [1.165, 1.54) is 11.3 Å². The molecule has 5 nitrogen and oxygen atoms in total. The van der Waals surface area contributed by atoms with Crippen LogP contribution in [0.1, 0.15) is 15.2 Å². The Hall–Kier alpha value is -1.38. The average molecular weight is 419 g/mol. The van der Waals surface area contributed by atoms with Crippen LogP contribution in [0.25, 0.3) is 0 Å². The molecule has 4 N–H and O–H groups in total. The van der Waals surface area contributed by atoms with Crippen molar-refractivity contribution in [3.8, 4) is 0 Å². The van der Waals surface area contributed by atoms with E-state index >= 15 is 0 Å². The number of amidine groups is 1. The van der Waals surface area contributed by atoms with Crippen molar-refractivity contribution in [2.24, 2.45) is 10.9 Å². The number of carbonyl (C=O) groups is 1. The maximum absolute atomic E-state index is 12.1. The Morgan fingerprint density at radius 1 is 1.30 bits per heavy atom. The molecule has 104 valence electrons. The Bertz CT molecular complexity index is 685. The highest BCUT2D eigenvalue weighted by Crippen LogP contribution is 2.27. The molecule has 0 aliphatic heterocycles. The number of hydrogen-bond acceptors (Lipinski definition) is 4. The van der Waals surface area contributed by atoms with E-state index in [0.29, 0.717) is 20.6 Å². The summed E-state index contributed by atoms with van der Waals surface area (Å²) in [5.74, 6) is -0.200. The zero-order valence-corrected chi connectivity index (χ0v) is 13.9. The van der Waals surface area contributed by atoms with Gasteiger partial charge in [0, 0.05) is 14.5 Å². The second-order valence-corrected chi connectivity index (χ2v) is 6.36. The number of carbonyl (C=O) groups excluding carboxylic acids is 1. The number of rotatable bonds is 3. The van der Waals surface area contributed by atoms with E-state index in [9.17, 15) is 4.79 Å². The van der Waals surface area contributed by atoms with E-state index in [-0.39, 0.29) is 11.7 Å². The molecule has 0 saturated heterocycles. The van der Waals surface area contributed by atoms with Crippen LogP contribution < -0.4 is 11.1 Å². The maximum atomic E-state index is 12.1. The third kappa shape index (κ3) is 3.20. The number of nitrogens with two attached hydrogens (primary N) is 1. The number of thiophene rings is 1. The standard InChI is InChI=1S/C12H9Br2N3O2S/c13-7-3-4-20-10(7)12(18)16-9-2-1-6(5-8(9)14)11(15)17-19/h1-5,19H,(H2,15,17)(H,16,18). The van der Waals surface area contributed by atoms with E-state index in [0.717, 1.165) is 4.47 Å². The molecule has 0 saturated carbocycles. The molecule has 0 aliphatic carbocycles. The lowest BCUT2D eigenvalue weighted by atomic mass is 10.2. The van der Waals surface area contributed by atoms with E-state index in [1.807, 2.05) is 11.4 Å². The summed E-state index contributed by atoms with van der Waals surface area (Å²) in [4.78, 5) is 12.7. The summed E-state index contributed by atoms with van der Waals surface area (Å²) in [5.41, 5.74) is 6.65. The van der Waals surface area contributed by atoms with Crippen LogP contribution in [0.5, 0.6) is 0 Å². The number of anilines is 1. The highest BCUT2D eigenvalue weighted by Gasteiger charge is 2.13. The third-order valence-corrected chi connectivity index (χ3v) is 4.94. The largest absolute Gasteiger partial charge is 0.409 e. The van der Waals surface area contributed by atoms with Crippen molar-refractivity contribution in [3.05, 3.63) is 49.0 Å². The van der Waals surface area contributed by atoms with Crippen LogP contribution in [0.15, 0.2) is 43.7 Å². The van der Waals surface area contributed by atoms with Gasteiger partial charge in [-0.25, -0.2) is 0 Å². The summed E-state index contributed by atoms with van der Waals surface area (Å²) < 4.78 is 1.40. The summed E-state index contributed by atoms with van der Waals surface area (Å²) in [5, 5.41) is 16.2. The Morgan fingerprint density at radius 3 is 2.60 bits per heavy atom. The fraction of sp³-hybridized carbons (Fsp3) is 0. The number of nitrogens with one attached hydrogen (secondary N) is 1. The highest BCUT2D eigenvalue weighted by atomic mass is 79.9. The Morgan fingerprint density at radius 2 is 2.05 bits per heavy atom. The second-order valence-electron chi connectivity index (χ2n) is 3.73. The minimum Gasteiger partial charge on any atom is -0.409 e. The molecule has 0 unspecified atom stereocenters. The van der Waals surface area contributed by atoms with Crippen molar-refractivity contribution in [3.63, 3.8) is 0 Å². The zero-order valence-electron chi connectivity index (χ0n) is 9.93. The Labute approximate surface area is 135 Å². The topological polar surface area (TPSA) is 87.7 Å². The molecule has 1 aromatic heterocycles. The van der Waals surface area contributed by atoms with Crippen molar-refractivity contribution in [1.82, 2.24) is 0 Å². The summed E-state index contributed by atoms with van der Waals surface area (Å²) in [6, 6.07) is 6.81. The first-order valence-electron chi connectivity index (χ1n) is 5.34. The van der Waals surface area contributed by atoms with Gasteiger partial charge >= 0.3 is 0 Å². The Kier molecular flexibility index (Phi) is 4.79. The highest BCUT2D eigenvalue weighted by molar-refractivity contribution is 9.11. The van der Waals surface area contributed by atoms with Crippen molar-refractivity contribution >= 4 is 60.6 Å². The second kappa shape index (κ2) is 6.38. The van der Waals surface area contributed by atoms with Crippen molar-refractivity contribution in [2.45, 2.75) is 0 Å². The van der Waals surface area contributed by atoms with Gasteiger partial charge < -0.3 is 16.3 Å². The minimum atomic E-state index is -0.205. The van der Waals surface area contributed by atoms with Gasteiger partial charge in [-0.05, 0) is 61.5 Å². The number of amides is 1. The third-order valence-electron chi connectivity index (χ3n) is 2.44. The number of oxime groups is 1. The number of halogens is 2. The quantitative estimate of drug-likeness (QED) is 0.308. The molecule has 0 atom stereocenters. The van der Waals surface area contributed by atoms with E-state index < -0.39 is 0 Å². The summed E-state index contributed by atoms with van der Waals surface area (Å²) in [7, 11) is 0. The van der Waals surface area contributed by atoms with E-state index in [1.54, 1.807) is 18.2 Å². The number of nitrogens with zero attached hydrogens (tertiary/aromatic N) is 1. The first kappa shape index (κ1) is 15.0. The SMILES string of the molecule is N/C(=N/O)c1ccc(NC(=O)c2sccc2Br)c(Br)c1. The normalized spacial score (nSPS) is 11.4. The molecule has 0 radical (unpaired) electrons. The molecule has 20 heavy (non-hydrogen) atoms. The predicted octanol–water partition coefficient (Wildman–Crippen LogP) is 3.62. The van der Waals surface area contributed by atoms with Crippen LogP contribution in [0.2, 0.25) is 0 Å². The maximum Gasteiger partial charge on any atom is 0.266 e. The van der Waals surface area contributed by atoms with Gasteiger partial charge in [0.2, 0.25) is 0 Å². The van der Waals surface area contributed by atoms with Crippen LogP contribution >= 0.6 is 43.2 Å². The molecular weight excluding hydrogens is 410 g/mol. The molecule has 0 aliphatic rings. The van der Waals surface area contributed by atoms with Gasteiger partial charge in [-0.2, -0.15) is 0 Å². The summed E-state index contributed by atoms with van der Waals surface area (Å²) >= 11 is 8.00. The van der Waals surface area contributed by atoms with Crippen LogP contribution in [-0.4, -0.2) is 17.0 Å². The molecule has 0 fully saturated rings. The van der Waals surface area contributed by atoms with Crippen LogP contribution in [-0.2, 0) is 0 Å². The summed E-state index contributed by atoms with van der Waals surface area (Å²) in [6.07, 6.45) is 0. The summed E-state index contributed by atoms with van der Waals surface area (Å²) in [6.45, 7) is 0. The predicted molar refractivity (Wildman–Crippen MR) is 86.6 cm³/mol. The fourth-order valence-electron chi connectivity index (χ4n) is 1.47. The molecule has 2 rings (SSSR count). The Balaban J connectivity index is 2.23. The van der Waals surface area contributed by atoms with Crippen molar-refractivity contribution < 1.29 is 10.0 Å². The van der Waals surface area contributed by atoms with Gasteiger partial charge in [0.15, 0.2) is 5.84 Å². The fourth-order valence-corrected chi connectivity index (χ4v) is 3.39. The molecule has 0 bridgehead atoms. The molecule has 0 spiro atoms. The molecule has 8 heteroatoms. The van der Waals surface area contributed by atoms with Gasteiger partial charge in [0.1, 0.15) is 4.88 Å². The lowest BCUT2D eigenvalue weighted by Gasteiger charge is -2.08. The van der Waals surface area contributed by atoms with Crippen molar-refractivity contribution in [1.29, 1.82) is 0 Å². The average Bonchev–Trinajstić information content (AvgIpc) is 2.86. The number of hydrogen-bond donors (Lipinski definition) is 3. The first-order chi connectivity index (χ1) is 9.52. The molecule has 2 aromatic rings. The van der Waals surface area contributed by atoms with Crippen LogP contribution in [0, 0.1) is 0 Å². The zero-order chi connectivity index (χ0) is 14.7. The van der Waals surface area contributed by atoms with Gasteiger partial charge in [-0.15, -0.1) is 11.3 Å². The molecule has 1 aromatic carbocycles. The van der Waals surface area contributed by atoms with E-state index in [4.69, 9.17) is 10.9 Å². The van der Waals surface area contributed by atoms with Gasteiger partial charge in [0.05, 0.1) is 5.69 Å². The monoisotopic (exact) mass is 417 g/mol. The minimum absolute atomic E-state index is 0.00424. The lowest BCUT2D eigenvalue weighted by molar-refractivity contribution is 0.103. The molecule has 1 heterocycles. The number of benzene rings is 1. The van der Waals surface area contributed by atoms with Crippen LogP contribution in [0.4, 0.5) is 5.69 Å². The lowest BCUT2D eigenvalue weighted by Crippen LogP contribution is -2.14. The molecular formula is C12H9Br2N3O2S. The van der Waals surface area contributed by atoms with Gasteiger partial charge in [-0.3, -0.25) is 4.79 Å². The molecule has 1 amide bonds. The van der Waals surface area contributed by atoms with Gasteiger partial charge in [-0.1, -0.05) is 5.16 Å².